The quantitative estimate of drug-likeness (QED) is 0.166. The Balaban J connectivity index is 1.14. The van der Waals surface area contributed by atoms with E-state index in [4.69, 9.17) is 0 Å². The summed E-state index contributed by atoms with van der Waals surface area (Å²) in [6.45, 7) is 4.72. The molecular weight excluding hydrogens is 659 g/mol. The van der Waals surface area contributed by atoms with Crippen molar-refractivity contribution in [1.29, 1.82) is 0 Å². The average molecular weight is 694 g/mol. The topological polar surface area (TPSA) is 3.24 Å². The fourth-order valence-electron chi connectivity index (χ4n) is 9.10. The first-order valence-corrected chi connectivity index (χ1v) is 19.2. The fraction of sp³-hybridized carbons (Fsp3) is 0.0588. The number of hydrogen-bond acceptors (Lipinski definition) is 2. The van der Waals surface area contributed by atoms with Crippen molar-refractivity contribution in [2.24, 2.45) is 0 Å². The van der Waals surface area contributed by atoms with Crippen molar-refractivity contribution in [2.75, 3.05) is 4.90 Å². The Hall–Kier alpha value is -6.22. The van der Waals surface area contributed by atoms with Gasteiger partial charge >= 0.3 is 0 Å². The fourth-order valence-corrected chi connectivity index (χ4v) is 10.2. The Morgan fingerprint density at radius 1 is 0.434 bits per heavy atom. The van der Waals surface area contributed by atoms with Gasteiger partial charge in [-0.15, -0.1) is 11.3 Å². The predicted molar refractivity (Wildman–Crippen MR) is 230 cm³/mol. The van der Waals surface area contributed by atoms with Crippen molar-refractivity contribution in [3.05, 3.63) is 187 Å². The molecule has 0 aliphatic heterocycles. The van der Waals surface area contributed by atoms with Crippen LogP contribution in [-0.4, -0.2) is 0 Å². The molecule has 0 bridgehead atoms. The Morgan fingerprint density at radius 2 is 1.09 bits per heavy atom. The second-order valence-electron chi connectivity index (χ2n) is 14.9. The van der Waals surface area contributed by atoms with Crippen LogP contribution in [0, 0.1) is 0 Å². The minimum absolute atomic E-state index is 0.0910. The van der Waals surface area contributed by atoms with Gasteiger partial charge in [-0.1, -0.05) is 141 Å². The molecule has 9 aromatic carbocycles. The van der Waals surface area contributed by atoms with Gasteiger partial charge in [-0.25, -0.2) is 0 Å². The van der Waals surface area contributed by atoms with Gasteiger partial charge in [0, 0.05) is 42.5 Å². The molecule has 11 rings (SSSR count). The molecule has 0 saturated carbocycles. The summed E-state index contributed by atoms with van der Waals surface area (Å²) in [5.41, 5.74) is 11.3. The van der Waals surface area contributed by atoms with Crippen LogP contribution in [-0.2, 0) is 5.41 Å². The maximum atomic E-state index is 2.48. The van der Waals surface area contributed by atoms with Crippen molar-refractivity contribution < 1.29 is 0 Å². The average Bonchev–Trinajstić information content (AvgIpc) is 3.69. The molecule has 0 atom stereocenters. The SMILES string of the molecule is CC1(C)c2ccccc2-c2c(N(c3ccc(-c4cc5ccccc5c5c4ccc4ccccc45)cc3)c3ccc4sc5ccccc5c4c3)cccc21. The summed E-state index contributed by atoms with van der Waals surface area (Å²) < 4.78 is 2.63. The van der Waals surface area contributed by atoms with Crippen LogP contribution in [0.1, 0.15) is 25.0 Å². The summed E-state index contributed by atoms with van der Waals surface area (Å²) in [7, 11) is 0. The van der Waals surface area contributed by atoms with E-state index in [0.717, 1.165) is 11.4 Å². The van der Waals surface area contributed by atoms with Gasteiger partial charge in [-0.3, -0.25) is 0 Å². The summed E-state index contributed by atoms with van der Waals surface area (Å²) >= 11 is 1.87. The minimum atomic E-state index is -0.0910. The Bertz CT molecular complexity index is 3080. The van der Waals surface area contributed by atoms with Crippen LogP contribution < -0.4 is 4.90 Å². The lowest BCUT2D eigenvalue weighted by Gasteiger charge is -2.29. The van der Waals surface area contributed by atoms with Gasteiger partial charge < -0.3 is 4.90 Å². The largest absolute Gasteiger partial charge is 0.310 e. The zero-order chi connectivity index (χ0) is 35.3. The maximum Gasteiger partial charge on any atom is 0.0543 e. The van der Waals surface area contributed by atoms with Gasteiger partial charge in [-0.05, 0) is 109 Å². The molecule has 0 spiro atoms. The van der Waals surface area contributed by atoms with Crippen LogP contribution in [0.25, 0.3) is 74.7 Å². The van der Waals surface area contributed by atoms with Crippen LogP contribution in [0.4, 0.5) is 17.1 Å². The summed E-state index contributed by atoms with van der Waals surface area (Å²) in [6, 6.07) is 65.4. The van der Waals surface area contributed by atoms with Crippen molar-refractivity contribution in [2.45, 2.75) is 19.3 Å². The monoisotopic (exact) mass is 693 g/mol. The van der Waals surface area contributed by atoms with E-state index < -0.39 is 0 Å². The summed E-state index contributed by atoms with van der Waals surface area (Å²) in [4.78, 5) is 2.48. The molecule has 0 radical (unpaired) electrons. The first-order chi connectivity index (χ1) is 26.0. The maximum absolute atomic E-state index is 2.48. The van der Waals surface area contributed by atoms with E-state index in [-0.39, 0.29) is 5.41 Å². The van der Waals surface area contributed by atoms with Gasteiger partial charge in [0.15, 0.2) is 0 Å². The summed E-state index contributed by atoms with van der Waals surface area (Å²) in [5.74, 6) is 0. The van der Waals surface area contributed by atoms with Crippen LogP contribution in [0.3, 0.4) is 0 Å². The molecule has 0 saturated heterocycles. The van der Waals surface area contributed by atoms with E-state index in [0.29, 0.717) is 0 Å². The normalized spacial score (nSPS) is 13.2. The summed E-state index contributed by atoms with van der Waals surface area (Å²) in [5, 5.41) is 10.3. The highest BCUT2D eigenvalue weighted by molar-refractivity contribution is 7.25. The summed E-state index contributed by atoms with van der Waals surface area (Å²) in [6.07, 6.45) is 0. The third-order valence-corrected chi connectivity index (χ3v) is 12.8. The van der Waals surface area contributed by atoms with Gasteiger partial charge in [0.05, 0.1) is 5.69 Å². The Morgan fingerprint density at radius 3 is 1.94 bits per heavy atom. The van der Waals surface area contributed by atoms with E-state index in [2.05, 4.69) is 195 Å². The zero-order valence-corrected chi connectivity index (χ0v) is 30.4. The molecule has 53 heavy (non-hydrogen) atoms. The zero-order valence-electron chi connectivity index (χ0n) is 29.6. The molecular formula is C51H35NS. The number of rotatable bonds is 4. The van der Waals surface area contributed by atoms with Gasteiger partial charge in [0.1, 0.15) is 0 Å². The molecule has 1 aliphatic carbocycles. The molecule has 1 heterocycles. The lowest BCUT2D eigenvalue weighted by Crippen LogP contribution is -2.16. The molecule has 1 aliphatic rings. The highest BCUT2D eigenvalue weighted by Gasteiger charge is 2.37. The molecule has 2 heteroatoms. The van der Waals surface area contributed by atoms with Gasteiger partial charge in [-0.2, -0.15) is 0 Å². The van der Waals surface area contributed by atoms with E-state index in [1.165, 1.54) is 91.6 Å². The van der Waals surface area contributed by atoms with E-state index in [1.54, 1.807) is 0 Å². The molecule has 1 aromatic heterocycles. The van der Waals surface area contributed by atoms with Crippen molar-refractivity contribution in [3.8, 4) is 22.3 Å². The lowest BCUT2D eigenvalue weighted by molar-refractivity contribution is 0.660. The van der Waals surface area contributed by atoms with Crippen LogP contribution in [0.2, 0.25) is 0 Å². The second kappa shape index (κ2) is 11.4. The standard InChI is InChI=1S/C51H35NS/c1-51(2)44-18-9-7-17-41(44)50-45(51)19-11-20-46(50)52(36-27-29-48-43(31-36)39-16-8-10-21-47(39)53-48)35-25-22-33(23-26-35)42-30-34-13-4-6-15-38(34)49-37-14-5-3-12-32(37)24-28-40(42)49/h3-31H,1-2H3. The molecule has 0 unspecified atom stereocenters. The number of fused-ring (bicyclic) bond motifs is 11. The molecule has 0 amide bonds. The first-order valence-electron chi connectivity index (χ1n) is 18.4. The predicted octanol–water partition coefficient (Wildman–Crippen LogP) is 15.0. The highest BCUT2D eigenvalue weighted by Crippen LogP contribution is 2.54. The minimum Gasteiger partial charge on any atom is -0.310 e. The van der Waals surface area contributed by atoms with Crippen molar-refractivity contribution in [3.63, 3.8) is 0 Å². The number of thiophene rings is 1. The molecule has 1 nitrogen and oxygen atoms in total. The van der Waals surface area contributed by atoms with Crippen LogP contribution in [0.5, 0.6) is 0 Å². The molecule has 0 N–H and O–H groups in total. The highest BCUT2D eigenvalue weighted by atomic mass is 32.1. The Kier molecular flexibility index (Phi) is 6.53. The number of anilines is 3. The molecule has 0 fully saturated rings. The Labute approximate surface area is 313 Å². The number of benzene rings is 9. The third kappa shape index (κ3) is 4.49. The van der Waals surface area contributed by atoms with Crippen LogP contribution >= 0.6 is 11.3 Å². The second-order valence-corrected chi connectivity index (χ2v) is 16.0. The third-order valence-electron chi connectivity index (χ3n) is 11.6. The number of nitrogens with zero attached hydrogens (tertiary/aromatic N) is 1. The molecule has 10 aromatic rings. The van der Waals surface area contributed by atoms with E-state index >= 15 is 0 Å². The smallest absolute Gasteiger partial charge is 0.0543 e. The van der Waals surface area contributed by atoms with Gasteiger partial charge in [0.25, 0.3) is 0 Å². The van der Waals surface area contributed by atoms with Crippen LogP contribution in [0.15, 0.2) is 176 Å². The van der Waals surface area contributed by atoms with Gasteiger partial charge in [0.2, 0.25) is 0 Å². The lowest BCUT2D eigenvalue weighted by atomic mass is 9.82. The molecule has 250 valence electrons. The van der Waals surface area contributed by atoms with E-state index in [9.17, 15) is 0 Å². The number of hydrogen-bond donors (Lipinski definition) is 0. The van der Waals surface area contributed by atoms with Crippen molar-refractivity contribution >= 4 is 80.9 Å². The first kappa shape index (κ1) is 30.4. The van der Waals surface area contributed by atoms with E-state index in [1.807, 2.05) is 11.3 Å². The van der Waals surface area contributed by atoms with Crippen molar-refractivity contribution in [1.82, 2.24) is 0 Å².